The summed E-state index contributed by atoms with van der Waals surface area (Å²) in [6.07, 6.45) is 1.48. The van der Waals surface area contributed by atoms with Gasteiger partial charge in [-0.3, -0.25) is 9.59 Å². The molecule has 8 heteroatoms. The molecule has 0 radical (unpaired) electrons. The lowest BCUT2D eigenvalue weighted by Gasteiger charge is -2.19. The van der Waals surface area contributed by atoms with Crippen molar-refractivity contribution in [3.63, 3.8) is 0 Å². The van der Waals surface area contributed by atoms with Crippen molar-refractivity contribution in [3.05, 3.63) is 52.1 Å². The highest BCUT2D eigenvalue weighted by atomic mass is 19.1. The molecule has 1 aliphatic heterocycles. The number of halogens is 1. The Morgan fingerprint density at radius 1 is 1.32 bits per heavy atom. The normalized spacial score (nSPS) is 18.6. The topological polar surface area (TPSA) is 97.5 Å². The van der Waals surface area contributed by atoms with Crippen molar-refractivity contribution in [1.29, 1.82) is 0 Å². The van der Waals surface area contributed by atoms with Gasteiger partial charge in [-0.25, -0.2) is 4.39 Å². The van der Waals surface area contributed by atoms with Gasteiger partial charge in [0.15, 0.2) is 0 Å². The van der Waals surface area contributed by atoms with Crippen molar-refractivity contribution < 1.29 is 19.1 Å². The molecule has 0 saturated carbocycles. The maximum atomic E-state index is 13.9. The number of rotatable bonds is 5. The van der Waals surface area contributed by atoms with Gasteiger partial charge in [0, 0.05) is 35.7 Å². The second kappa shape index (κ2) is 8.28. The molecule has 2 aromatic rings. The summed E-state index contributed by atoms with van der Waals surface area (Å²) in [5.74, 6) is -0.904. The molecule has 1 unspecified atom stereocenters. The second-order valence-corrected chi connectivity index (χ2v) is 8.46. The highest BCUT2D eigenvalue weighted by Crippen LogP contribution is 2.43. The number of anilines is 1. The van der Waals surface area contributed by atoms with Gasteiger partial charge in [0.05, 0.1) is 17.2 Å². The summed E-state index contributed by atoms with van der Waals surface area (Å²) < 4.78 is 13.9. The summed E-state index contributed by atoms with van der Waals surface area (Å²) in [7, 11) is 3.71. The fourth-order valence-electron chi connectivity index (χ4n) is 4.53. The van der Waals surface area contributed by atoms with E-state index in [1.54, 1.807) is 6.07 Å². The van der Waals surface area contributed by atoms with Gasteiger partial charge in [-0.05, 0) is 69.6 Å². The average Bonchev–Trinajstić information content (AvgIpc) is 3.20. The summed E-state index contributed by atoms with van der Waals surface area (Å²) in [5.41, 5.74) is 5.32. The number of nitrogens with zero attached hydrogens (tertiary/aromatic N) is 1. The lowest BCUT2D eigenvalue weighted by Crippen LogP contribution is -2.38. The Labute approximate surface area is 180 Å². The number of aliphatic hydroxyl groups is 1. The predicted molar refractivity (Wildman–Crippen MR) is 117 cm³/mol. The molecule has 2 aliphatic rings. The van der Waals surface area contributed by atoms with E-state index < -0.39 is 11.9 Å². The molecule has 0 bridgehead atoms. The third-order valence-electron chi connectivity index (χ3n) is 5.78. The van der Waals surface area contributed by atoms with Crippen LogP contribution in [0.3, 0.4) is 0 Å². The molecule has 4 N–H and O–H groups in total. The first kappa shape index (κ1) is 21.3. The van der Waals surface area contributed by atoms with E-state index in [1.807, 2.05) is 25.9 Å². The van der Waals surface area contributed by atoms with E-state index in [-0.39, 0.29) is 18.4 Å². The monoisotopic (exact) mass is 426 g/mol. The van der Waals surface area contributed by atoms with E-state index in [2.05, 4.69) is 15.6 Å². The van der Waals surface area contributed by atoms with Gasteiger partial charge in [0.1, 0.15) is 5.82 Å². The van der Waals surface area contributed by atoms with Crippen LogP contribution >= 0.6 is 0 Å². The van der Waals surface area contributed by atoms with Crippen LogP contribution in [-0.2, 0) is 11.2 Å². The average molecular weight is 426 g/mol. The fourth-order valence-corrected chi connectivity index (χ4v) is 4.53. The van der Waals surface area contributed by atoms with E-state index >= 15 is 0 Å². The predicted octanol–water partition coefficient (Wildman–Crippen LogP) is 2.31. The molecule has 31 heavy (non-hydrogen) atoms. The number of nitrogens with one attached hydrogen (secondary N) is 3. The molecule has 164 valence electrons. The Kier molecular flexibility index (Phi) is 5.68. The van der Waals surface area contributed by atoms with Crippen LogP contribution in [0.1, 0.15) is 45.7 Å². The van der Waals surface area contributed by atoms with Gasteiger partial charge < -0.3 is 25.6 Å². The number of hydrogen-bond donors (Lipinski definition) is 4. The maximum Gasteiger partial charge on any atom is 0.256 e. The van der Waals surface area contributed by atoms with Crippen LogP contribution in [0.25, 0.3) is 11.1 Å². The van der Waals surface area contributed by atoms with Crippen molar-refractivity contribution in [1.82, 2.24) is 15.2 Å². The van der Waals surface area contributed by atoms with Gasteiger partial charge in [0.2, 0.25) is 0 Å². The van der Waals surface area contributed by atoms with E-state index in [4.69, 9.17) is 0 Å². The summed E-state index contributed by atoms with van der Waals surface area (Å²) in [6, 6.07) is 4.27. The Balaban J connectivity index is 1.69. The number of likely N-dealkylation sites (N-methyl/N-ethyl adjacent to an activating group) is 1. The summed E-state index contributed by atoms with van der Waals surface area (Å²) in [4.78, 5) is 30.8. The van der Waals surface area contributed by atoms with Crippen molar-refractivity contribution in [3.8, 4) is 0 Å². The minimum Gasteiger partial charge on any atom is -0.390 e. The first-order valence-electron chi connectivity index (χ1n) is 10.4. The molecule has 0 saturated heterocycles. The van der Waals surface area contributed by atoms with Gasteiger partial charge in [0.25, 0.3) is 11.8 Å². The van der Waals surface area contributed by atoms with Gasteiger partial charge in [-0.15, -0.1) is 0 Å². The SMILES string of the molecule is Cc1[nH]c2c(c1C(=O)NCC(O)CN(C)C)CCCC2=C1C(=O)Nc2ccc(F)cc21. The zero-order valence-corrected chi connectivity index (χ0v) is 17.9. The van der Waals surface area contributed by atoms with Gasteiger partial charge in [-0.1, -0.05) is 0 Å². The van der Waals surface area contributed by atoms with E-state index in [1.165, 1.54) is 12.1 Å². The quantitative estimate of drug-likeness (QED) is 0.552. The van der Waals surface area contributed by atoms with Crippen LogP contribution in [0.2, 0.25) is 0 Å². The van der Waals surface area contributed by atoms with E-state index in [0.29, 0.717) is 47.5 Å². The molecule has 0 spiro atoms. The first-order chi connectivity index (χ1) is 14.8. The number of amides is 2. The van der Waals surface area contributed by atoms with Crippen molar-refractivity contribution in [2.75, 3.05) is 32.5 Å². The molecule has 1 aliphatic carbocycles. The van der Waals surface area contributed by atoms with Crippen molar-refractivity contribution in [2.45, 2.75) is 32.3 Å². The Morgan fingerprint density at radius 2 is 2.10 bits per heavy atom. The van der Waals surface area contributed by atoms with Gasteiger partial charge in [-0.2, -0.15) is 0 Å². The number of fused-ring (bicyclic) bond motifs is 2. The number of H-pyrrole nitrogens is 1. The van der Waals surface area contributed by atoms with Crippen molar-refractivity contribution >= 4 is 28.6 Å². The Bertz CT molecular complexity index is 1090. The number of aromatic nitrogens is 1. The Hall–Kier alpha value is -2.97. The zero-order chi connectivity index (χ0) is 22.3. The molecule has 2 amide bonds. The molecule has 1 aromatic carbocycles. The highest BCUT2D eigenvalue weighted by molar-refractivity contribution is 6.36. The van der Waals surface area contributed by atoms with E-state index in [0.717, 1.165) is 23.3 Å². The molecule has 2 heterocycles. The smallest absolute Gasteiger partial charge is 0.256 e. The molecular formula is C23H27FN4O3. The number of aliphatic hydroxyl groups excluding tert-OH is 1. The van der Waals surface area contributed by atoms with Crippen LogP contribution in [0.4, 0.5) is 10.1 Å². The van der Waals surface area contributed by atoms with Crippen LogP contribution in [0, 0.1) is 12.7 Å². The molecule has 7 nitrogen and oxygen atoms in total. The van der Waals surface area contributed by atoms with Crippen LogP contribution in [0.5, 0.6) is 0 Å². The molecule has 0 fully saturated rings. The third-order valence-corrected chi connectivity index (χ3v) is 5.78. The number of carbonyl (C=O) groups excluding carboxylic acids is 2. The number of benzene rings is 1. The van der Waals surface area contributed by atoms with E-state index in [9.17, 15) is 19.1 Å². The number of allylic oxidation sites excluding steroid dienone is 1. The number of aromatic amines is 1. The first-order valence-corrected chi connectivity index (χ1v) is 10.4. The fraction of sp³-hybridized carbons (Fsp3) is 0.391. The van der Waals surface area contributed by atoms with Crippen LogP contribution in [-0.4, -0.2) is 60.1 Å². The third kappa shape index (κ3) is 4.00. The standard InChI is InChI=1S/C23H27FN4O3/c1-12-19(22(30)25-10-14(29)11-28(2)3)15-5-4-6-16(21(15)26-12)20-17-9-13(24)7-8-18(17)27-23(20)31/h7-9,14,26,29H,4-6,10-11H2,1-3H3,(H,25,30)(H,27,31). The van der Waals surface area contributed by atoms with Gasteiger partial charge >= 0.3 is 0 Å². The minimum atomic E-state index is -0.666. The lowest BCUT2D eigenvalue weighted by molar-refractivity contribution is -0.110. The second-order valence-electron chi connectivity index (χ2n) is 8.46. The molecule has 1 atom stereocenters. The lowest BCUT2D eigenvalue weighted by atomic mass is 9.86. The number of aryl methyl sites for hydroxylation is 1. The largest absolute Gasteiger partial charge is 0.390 e. The molecular weight excluding hydrogens is 399 g/mol. The summed E-state index contributed by atoms with van der Waals surface area (Å²) >= 11 is 0. The highest BCUT2D eigenvalue weighted by Gasteiger charge is 2.33. The summed E-state index contributed by atoms with van der Waals surface area (Å²) in [5, 5.41) is 15.7. The minimum absolute atomic E-state index is 0.152. The summed E-state index contributed by atoms with van der Waals surface area (Å²) in [6.45, 7) is 2.43. The molecule has 4 rings (SSSR count). The number of hydrogen-bond acceptors (Lipinski definition) is 4. The molecule has 1 aromatic heterocycles. The Morgan fingerprint density at radius 3 is 2.84 bits per heavy atom. The van der Waals surface area contributed by atoms with Crippen molar-refractivity contribution in [2.24, 2.45) is 0 Å². The van der Waals surface area contributed by atoms with Crippen LogP contribution in [0.15, 0.2) is 18.2 Å². The zero-order valence-electron chi connectivity index (χ0n) is 17.9. The maximum absolute atomic E-state index is 13.9. The van der Waals surface area contributed by atoms with Crippen LogP contribution < -0.4 is 10.6 Å². The number of carbonyl (C=O) groups is 2.